The molecule has 0 unspecified atom stereocenters. The van der Waals surface area contributed by atoms with Gasteiger partial charge in [0, 0.05) is 26.2 Å². The highest BCUT2D eigenvalue weighted by Gasteiger charge is 2.60. The molecule has 0 aromatic heterocycles. The quantitative estimate of drug-likeness (QED) is 0.378. The molecule has 7 rings (SSSR count). The van der Waals surface area contributed by atoms with Gasteiger partial charge >= 0.3 is 0 Å². The van der Waals surface area contributed by atoms with Gasteiger partial charge in [0.2, 0.25) is 35.4 Å². The first-order valence-electron chi connectivity index (χ1n) is 13.0. The summed E-state index contributed by atoms with van der Waals surface area (Å²) in [5.74, 6) is -2.44. The topological polar surface area (TPSA) is 115 Å². The van der Waals surface area contributed by atoms with Crippen LogP contribution >= 0.6 is 0 Å². The number of allylic oxidation sites excluding steroid dienone is 4. The Hall–Kier alpha value is -3.30. The van der Waals surface area contributed by atoms with Crippen LogP contribution in [0.2, 0.25) is 0 Å². The van der Waals surface area contributed by atoms with E-state index in [1.165, 1.54) is 0 Å². The van der Waals surface area contributed by atoms with Gasteiger partial charge in [0.1, 0.15) is 13.1 Å². The van der Waals surface area contributed by atoms with E-state index in [-0.39, 0.29) is 122 Å². The zero-order valence-corrected chi connectivity index (χ0v) is 19.8. The fourth-order valence-electron chi connectivity index (χ4n) is 7.92. The molecule has 4 aliphatic carbocycles. The third-order valence-corrected chi connectivity index (χ3v) is 9.70. The molecule has 0 N–H and O–H groups in total. The Labute approximate surface area is 207 Å². The van der Waals surface area contributed by atoms with Crippen LogP contribution in [-0.2, 0) is 28.8 Å². The molecule has 6 amide bonds. The predicted octanol–water partition coefficient (Wildman–Crippen LogP) is -0.729. The first kappa shape index (κ1) is 21.9. The van der Waals surface area contributed by atoms with E-state index in [2.05, 4.69) is 0 Å². The number of rotatable bonds is 4. The first-order chi connectivity index (χ1) is 17.3. The summed E-state index contributed by atoms with van der Waals surface area (Å²) < 4.78 is 0. The summed E-state index contributed by atoms with van der Waals surface area (Å²) in [6.45, 7) is 0.606. The number of piperazine rings is 1. The highest BCUT2D eigenvalue weighted by atomic mass is 16.2. The Morgan fingerprint density at radius 1 is 0.556 bits per heavy atom. The lowest BCUT2D eigenvalue weighted by molar-refractivity contribution is -0.150. The Balaban J connectivity index is 0.931. The van der Waals surface area contributed by atoms with Gasteiger partial charge in [-0.1, -0.05) is 24.3 Å². The monoisotopic (exact) mass is 492 g/mol. The average Bonchev–Trinajstić information content (AvgIpc) is 3.72. The van der Waals surface area contributed by atoms with Crippen LogP contribution in [0.25, 0.3) is 0 Å². The molecule has 3 aliphatic heterocycles. The van der Waals surface area contributed by atoms with E-state index in [1.54, 1.807) is 9.80 Å². The van der Waals surface area contributed by atoms with Crippen molar-refractivity contribution in [3.05, 3.63) is 24.3 Å². The van der Waals surface area contributed by atoms with Crippen LogP contribution < -0.4 is 0 Å². The summed E-state index contributed by atoms with van der Waals surface area (Å²) in [5, 5.41) is 0. The van der Waals surface area contributed by atoms with Crippen molar-refractivity contribution >= 4 is 35.4 Å². The van der Waals surface area contributed by atoms with Gasteiger partial charge in [-0.05, 0) is 36.5 Å². The van der Waals surface area contributed by atoms with Crippen LogP contribution in [0.3, 0.4) is 0 Å². The number of likely N-dealkylation sites (tertiary alicyclic amines) is 2. The second kappa shape index (κ2) is 7.60. The van der Waals surface area contributed by atoms with E-state index in [4.69, 9.17) is 0 Å². The molecule has 5 fully saturated rings. The molecule has 7 aliphatic rings. The van der Waals surface area contributed by atoms with Crippen molar-refractivity contribution in [1.29, 1.82) is 0 Å². The molecule has 36 heavy (non-hydrogen) atoms. The van der Waals surface area contributed by atoms with Crippen molar-refractivity contribution in [2.45, 2.75) is 12.8 Å². The van der Waals surface area contributed by atoms with E-state index in [9.17, 15) is 28.8 Å². The lowest BCUT2D eigenvalue weighted by Crippen LogP contribution is -2.55. The van der Waals surface area contributed by atoms with Crippen molar-refractivity contribution in [1.82, 2.24) is 19.6 Å². The van der Waals surface area contributed by atoms with Gasteiger partial charge in [-0.2, -0.15) is 0 Å². The summed E-state index contributed by atoms with van der Waals surface area (Å²) in [4.78, 5) is 82.7. The molecule has 10 nitrogen and oxygen atoms in total. The average molecular weight is 493 g/mol. The molecule has 3 heterocycles. The van der Waals surface area contributed by atoms with Gasteiger partial charge in [-0.15, -0.1) is 0 Å². The highest BCUT2D eigenvalue weighted by Crippen LogP contribution is 2.53. The van der Waals surface area contributed by atoms with Crippen LogP contribution in [-0.4, -0.2) is 94.3 Å². The molecule has 3 saturated heterocycles. The standard InChI is InChI=1S/C26H28N4O6/c31-17(11-29-23(33)19-13-1-2-14(9-13)20(19)24(29)34)27-5-7-28(8-6-27)18(32)12-30-25(35)21-15-3-4-16(10-15)22(21)26(30)36/h1-4,13-16,19-22H,5-12H2/t13-,14-,15-,16+,19-,20-,21-,22+/m0/s1. The highest BCUT2D eigenvalue weighted by molar-refractivity contribution is 6.09. The molecule has 0 aromatic carbocycles. The number of carbonyl (C=O) groups excluding carboxylic acids is 6. The zero-order valence-electron chi connectivity index (χ0n) is 19.8. The fourth-order valence-corrected chi connectivity index (χ4v) is 7.92. The largest absolute Gasteiger partial charge is 0.338 e. The van der Waals surface area contributed by atoms with Crippen LogP contribution in [0.4, 0.5) is 0 Å². The lowest BCUT2D eigenvalue weighted by Gasteiger charge is -2.36. The molecule has 2 saturated carbocycles. The maximum atomic E-state index is 12.9. The van der Waals surface area contributed by atoms with Gasteiger partial charge in [-0.3, -0.25) is 38.6 Å². The third-order valence-electron chi connectivity index (χ3n) is 9.70. The Morgan fingerprint density at radius 3 is 1.11 bits per heavy atom. The Bertz CT molecular complexity index is 1020. The van der Waals surface area contributed by atoms with Crippen molar-refractivity contribution in [3.8, 4) is 0 Å². The molecule has 0 aromatic rings. The van der Waals surface area contributed by atoms with Gasteiger partial charge in [-0.25, -0.2) is 0 Å². The lowest BCUT2D eigenvalue weighted by atomic mass is 9.85. The minimum absolute atomic E-state index is 0.103. The van der Waals surface area contributed by atoms with Gasteiger partial charge in [0.25, 0.3) is 0 Å². The van der Waals surface area contributed by atoms with E-state index in [0.717, 1.165) is 22.6 Å². The van der Waals surface area contributed by atoms with Crippen molar-refractivity contribution in [3.63, 3.8) is 0 Å². The zero-order chi connectivity index (χ0) is 24.9. The second-order valence-electron chi connectivity index (χ2n) is 11.3. The molecule has 0 spiro atoms. The van der Waals surface area contributed by atoms with E-state index < -0.39 is 0 Å². The van der Waals surface area contributed by atoms with E-state index in [1.807, 2.05) is 24.3 Å². The molecule has 0 radical (unpaired) electrons. The Kier molecular flexibility index (Phi) is 4.63. The number of imide groups is 2. The molecular formula is C26H28N4O6. The van der Waals surface area contributed by atoms with E-state index >= 15 is 0 Å². The first-order valence-corrected chi connectivity index (χ1v) is 13.0. The normalized spacial score (nSPS) is 39.8. The number of amides is 6. The van der Waals surface area contributed by atoms with Gasteiger partial charge in [0.15, 0.2) is 0 Å². The summed E-state index contributed by atoms with van der Waals surface area (Å²) >= 11 is 0. The molecular weight excluding hydrogens is 464 g/mol. The number of hydrogen-bond donors (Lipinski definition) is 0. The van der Waals surface area contributed by atoms with Gasteiger partial charge in [0.05, 0.1) is 23.7 Å². The van der Waals surface area contributed by atoms with Crippen LogP contribution in [0.5, 0.6) is 0 Å². The van der Waals surface area contributed by atoms with Crippen LogP contribution in [0, 0.1) is 47.3 Å². The summed E-state index contributed by atoms with van der Waals surface area (Å²) in [7, 11) is 0. The molecule has 10 heteroatoms. The van der Waals surface area contributed by atoms with Gasteiger partial charge < -0.3 is 9.80 Å². The van der Waals surface area contributed by atoms with Crippen molar-refractivity contribution < 1.29 is 28.8 Å². The maximum Gasteiger partial charge on any atom is 0.242 e. The minimum atomic E-state index is -0.323. The third kappa shape index (κ3) is 2.90. The minimum Gasteiger partial charge on any atom is -0.338 e. The summed E-state index contributed by atoms with van der Waals surface area (Å²) in [6, 6.07) is 0. The number of carbonyl (C=O) groups is 6. The summed E-state index contributed by atoms with van der Waals surface area (Å²) in [5.41, 5.74) is 0. The number of nitrogens with zero attached hydrogens (tertiary/aromatic N) is 4. The Morgan fingerprint density at radius 2 is 0.833 bits per heavy atom. The second-order valence-corrected chi connectivity index (χ2v) is 11.3. The molecule has 4 bridgehead atoms. The molecule has 188 valence electrons. The maximum absolute atomic E-state index is 12.9. The fraction of sp³-hybridized carbons (Fsp3) is 0.615. The van der Waals surface area contributed by atoms with Crippen molar-refractivity contribution in [2.75, 3.05) is 39.3 Å². The van der Waals surface area contributed by atoms with E-state index in [0.29, 0.717) is 0 Å². The van der Waals surface area contributed by atoms with Crippen molar-refractivity contribution in [2.24, 2.45) is 47.3 Å². The predicted molar refractivity (Wildman–Crippen MR) is 122 cm³/mol. The SMILES string of the molecule is O=C(CN1C(=O)[C@@H]2[C@@H](C1=O)[C@H]1C=C[C@H]2C1)N1CCN(C(=O)CN2C(=O)[C@@H]3[C@H](C2=O)[C@@H]2C=C[C@H]3C2)CC1. The number of hydrogen-bond acceptors (Lipinski definition) is 6. The van der Waals surface area contributed by atoms with Crippen LogP contribution in [0.15, 0.2) is 24.3 Å². The number of fused-ring (bicyclic) bond motifs is 10. The van der Waals surface area contributed by atoms with Crippen LogP contribution in [0.1, 0.15) is 12.8 Å². The smallest absolute Gasteiger partial charge is 0.242 e. The summed E-state index contributed by atoms with van der Waals surface area (Å²) in [6.07, 6.45) is 9.78. The molecule has 8 atom stereocenters.